The zero-order valence-corrected chi connectivity index (χ0v) is 8.14. The second kappa shape index (κ2) is 2.62. The predicted octanol–water partition coefficient (Wildman–Crippen LogP) is 2.14. The van der Waals surface area contributed by atoms with Crippen LogP contribution in [0.2, 0.25) is 0 Å². The number of carbonyl (C=O) groups excluding carboxylic acids is 1. The molecule has 0 aliphatic heterocycles. The van der Waals surface area contributed by atoms with Crippen LogP contribution in [-0.2, 0) is 6.42 Å². The van der Waals surface area contributed by atoms with Gasteiger partial charge in [-0.3, -0.25) is 4.79 Å². The number of aryl methyl sites for hydroxylation is 1. The Kier molecular flexibility index (Phi) is 1.75. The molecule has 11 heavy (non-hydrogen) atoms. The molecule has 0 radical (unpaired) electrons. The third-order valence-corrected chi connectivity index (χ3v) is 2.58. The topological polar surface area (TPSA) is 32.9 Å². The Balaban J connectivity index is 2.52. The third kappa shape index (κ3) is 1.21. The van der Waals surface area contributed by atoms with E-state index < -0.39 is 0 Å². The number of H-pyrrole nitrogens is 1. The van der Waals surface area contributed by atoms with Crippen molar-refractivity contribution in [1.29, 1.82) is 0 Å². The molecule has 0 saturated carbocycles. The minimum absolute atomic E-state index is 0.297. The van der Waals surface area contributed by atoms with Crippen molar-refractivity contribution in [2.45, 2.75) is 19.3 Å². The molecular formula is C8H8INO. The normalized spacial score (nSPS) is 16.6. The SMILES string of the molecule is O=C1CCCc2[nH]c(I)cc21. The van der Waals surface area contributed by atoms with Gasteiger partial charge in [-0.15, -0.1) is 0 Å². The van der Waals surface area contributed by atoms with E-state index in [0.717, 1.165) is 34.2 Å². The average Bonchev–Trinajstić information content (AvgIpc) is 2.31. The first kappa shape index (κ1) is 7.34. The molecule has 0 bridgehead atoms. The largest absolute Gasteiger partial charge is 0.353 e. The number of aromatic nitrogens is 1. The molecule has 1 aromatic rings. The van der Waals surface area contributed by atoms with Crippen molar-refractivity contribution >= 4 is 28.4 Å². The van der Waals surface area contributed by atoms with Crippen LogP contribution in [0.1, 0.15) is 28.9 Å². The molecule has 0 aromatic carbocycles. The minimum atomic E-state index is 0.297. The van der Waals surface area contributed by atoms with Crippen LogP contribution >= 0.6 is 22.6 Å². The van der Waals surface area contributed by atoms with E-state index in [1.807, 2.05) is 6.07 Å². The number of hydrogen-bond donors (Lipinski definition) is 1. The van der Waals surface area contributed by atoms with Gasteiger partial charge in [-0.25, -0.2) is 0 Å². The zero-order valence-electron chi connectivity index (χ0n) is 5.98. The highest BCUT2D eigenvalue weighted by molar-refractivity contribution is 14.1. The monoisotopic (exact) mass is 261 g/mol. The van der Waals surface area contributed by atoms with Crippen LogP contribution in [0.5, 0.6) is 0 Å². The second-order valence-electron chi connectivity index (χ2n) is 2.79. The molecule has 0 spiro atoms. The number of ketones is 1. The van der Waals surface area contributed by atoms with E-state index in [-0.39, 0.29) is 0 Å². The van der Waals surface area contributed by atoms with Crippen molar-refractivity contribution in [1.82, 2.24) is 4.98 Å². The van der Waals surface area contributed by atoms with Gasteiger partial charge in [0.05, 0.1) is 3.70 Å². The van der Waals surface area contributed by atoms with Crippen LogP contribution in [0, 0.1) is 3.70 Å². The Morgan fingerprint density at radius 1 is 1.45 bits per heavy atom. The molecular weight excluding hydrogens is 253 g/mol. The Bertz CT molecular complexity index is 303. The van der Waals surface area contributed by atoms with E-state index in [1.165, 1.54) is 0 Å². The predicted molar refractivity (Wildman–Crippen MR) is 50.8 cm³/mol. The standard InChI is InChI=1S/C8H8INO/c9-8-4-5-6(10-8)2-1-3-7(5)11/h4,10H,1-3H2. The van der Waals surface area contributed by atoms with Crippen molar-refractivity contribution in [2.75, 3.05) is 0 Å². The molecule has 2 rings (SSSR count). The lowest BCUT2D eigenvalue weighted by Crippen LogP contribution is -2.08. The summed E-state index contributed by atoms with van der Waals surface area (Å²) in [6.45, 7) is 0. The van der Waals surface area contributed by atoms with Gasteiger partial charge in [0.1, 0.15) is 0 Å². The molecule has 0 fully saturated rings. The van der Waals surface area contributed by atoms with E-state index in [4.69, 9.17) is 0 Å². The Morgan fingerprint density at radius 3 is 3.00 bits per heavy atom. The van der Waals surface area contributed by atoms with E-state index in [2.05, 4.69) is 27.6 Å². The van der Waals surface area contributed by atoms with Gasteiger partial charge in [-0.05, 0) is 41.5 Å². The van der Waals surface area contributed by atoms with E-state index in [9.17, 15) is 4.79 Å². The third-order valence-electron chi connectivity index (χ3n) is 2.00. The van der Waals surface area contributed by atoms with Crippen LogP contribution in [0.3, 0.4) is 0 Å². The van der Waals surface area contributed by atoms with Crippen molar-refractivity contribution in [2.24, 2.45) is 0 Å². The number of fused-ring (bicyclic) bond motifs is 1. The maximum absolute atomic E-state index is 11.3. The van der Waals surface area contributed by atoms with Gasteiger partial charge in [0.15, 0.2) is 5.78 Å². The summed E-state index contributed by atoms with van der Waals surface area (Å²) in [5, 5.41) is 0. The first-order valence-electron chi connectivity index (χ1n) is 3.68. The zero-order chi connectivity index (χ0) is 7.84. The molecule has 2 nitrogen and oxygen atoms in total. The second-order valence-corrected chi connectivity index (χ2v) is 3.95. The highest BCUT2D eigenvalue weighted by atomic mass is 127. The fraction of sp³-hybridized carbons (Fsp3) is 0.375. The number of nitrogens with one attached hydrogen (secondary N) is 1. The lowest BCUT2D eigenvalue weighted by molar-refractivity contribution is 0.0972. The number of rotatable bonds is 0. The first-order valence-corrected chi connectivity index (χ1v) is 4.76. The summed E-state index contributed by atoms with van der Waals surface area (Å²) >= 11 is 2.20. The number of Topliss-reactive ketones (excluding diaryl/α,β-unsaturated/α-hetero) is 1. The van der Waals surface area contributed by atoms with E-state index in [1.54, 1.807) is 0 Å². The summed E-state index contributed by atoms with van der Waals surface area (Å²) in [7, 11) is 0. The van der Waals surface area contributed by atoms with Crippen LogP contribution in [0.25, 0.3) is 0 Å². The van der Waals surface area contributed by atoms with Crippen molar-refractivity contribution in [3.63, 3.8) is 0 Å². The van der Waals surface area contributed by atoms with E-state index >= 15 is 0 Å². The number of aromatic amines is 1. The summed E-state index contributed by atoms with van der Waals surface area (Å²) in [5.74, 6) is 0.297. The van der Waals surface area contributed by atoms with Crippen LogP contribution < -0.4 is 0 Å². The van der Waals surface area contributed by atoms with Crippen LogP contribution in [-0.4, -0.2) is 10.8 Å². The fourth-order valence-electron chi connectivity index (χ4n) is 1.47. The minimum Gasteiger partial charge on any atom is -0.353 e. The molecule has 58 valence electrons. The molecule has 1 N–H and O–H groups in total. The molecule has 0 saturated heterocycles. The Morgan fingerprint density at radius 2 is 2.27 bits per heavy atom. The summed E-state index contributed by atoms with van der Waals surface area (Å²) in [4.78, 5) is 14.5. The lowest BCUT2D eigenvalue weighted by Gasteiger charge is -2.08. The first-order chi connectivity index (χ1) is 5.27. The van der Waals surface area contributed by atoms with Gasteiger partial charge in [0.2, 0.25) is 0 Å². The fourth-order valence-corrected chi connectivity index (χ4v) is 2.10. The molecule has 1 aliphatic carbocycles. The smallest absolute Gasteiger partial charge is 0.164 e. The Hall–Kier alpha value is -0.320. The molecule has 0 atom stereocenters. The summed E-state index contributed by atoms with van der Waals surface area (Å²) < 4.78 is 1.07. The average molecular weight is 261 g/mol. The molecule has 0 amide bonds. The lowest BCUT2D eigenvalue weighted by atomic mass is 9.97. The van der Waals surface area contributed by atoms with E-state index in [0.29, 0.717) is 5.78 Å². The highest BCUT2D eigenvalue weighted by Crippen LogP contribution is 2.22. The van der Waals surface area contributed by atoms with Gasteiger partial charge < -0.3 is 4.98 Å². The molecule has 3 heteroatoms. The molecule has 1 heterocycles. The quantitative estimate of drug-likeness (QED) is 0.713. The summed E-state index contributed by atoms with van der Waals surface area (Å²) in [6.07, 6.45) is 2.76. The molecule has 1 aromatic heterocycles. The van der Waals surface area contributed by atoms with Crippen LogP contribution in [0.15, 0.2) is 6.07 Å². The van der Waals surface area contributed by atoms with Gasteiger partial charge in [-0.2, -0.15) is 0 Å². The van der Waals surface area contributed by atoms with Crippen LogP contribution in [0.4, 0.5) is 0 Å². The van der Waals surface area contributed by atoms with Gasteiger partial charge in [0, 0.05) is 17.7 Å². The maximum atomic E-state index is 11.3. The number of carbonyl (C=O) groups is 1. The van der Waals surface area contributed by atoms with Gasteiger partial charge >= 0.3 is 0 Å². The van der Waals surface area contributed by atoms with Gasteiger partial charge in [-0.1, -0.05) is 0 Å². The van der Waals surface area contributed by atoms with Crippen molar-refractivity contribution in [3.8, 4) is 0 Å². The molecule has 0 unspecified atom stereocenters. The molecule has 1 aliphatic rings. The maximum Gasteiger partial charge on any atom is 0.164 e. The Labute approximate surface area is 78.5 Å². The summed E-state index contributed by atoms with van der Waals surface area (Å²) in [5.41, 5.74) is 2.05. The number of hydrogen-bond acceptors (Lipinski definition) is 1. The van der Waals surface area contributed by atoms with Crippen molar-refractivity contribution < 1.29 is 4.79 Å². The van der Waals surface area contributed by atoms with Crippen molar-refractivity contribution in [3.05, 3.63) is 21.0 Å². The van der Waals surface area contributed by atoms with Gasteiger partial charge in [0.25, 0.3) is 0 Å². The summed E-state index contributed by atoms with van der Waals surface area (Å²) in [6, 6.07) is 1.94. The highest BCUT2D eigenvalue weighted by Gasteiger charge is 2.18. The number of halogens is 1.